The molecular weight excluding hydrogens is 418 g/mol. The molecule has 1 saturated heterocycles. The first kappa shape index (κ1) is 21.5. The van der Waals surface area contributed by atoms with Gasteiger partial charge in [-0.15, -0.1) is 0 Å². The molecule has 1 fully saturated rings. The molecule has 0 aromatic heterocycles. The van der Waals surface area contributed by atoms with Crippen LogP contribution in [0, 0.1) is 0 Å². The Labute approximate surface area is 181 Å². The summed E-state index contributed by atoms with van der Waals surface area (Å²) in [6.07, 6.45) is 0.801. The lowest BCUT2D eigenvalue weighted by molar-refractivity contribution is -0.139. The zero-order chi connectivity index (χ0) is 21.8. The van der Waals surface area contributed by atoms with E-state index >= 15 is 0 Å². The number of benzene rings is 2. The lowest BCUT2D eigenvalue weighted by Crippen LogP contribution is -2.48. The van der Waals surface area contributed by atoms with Crippen LogP contribution in [0.25, 0.3) is 0 Å². The van der Waals surface area contributed by atoms with Gasteiger partial charge in [0.05, 0.1) is 23.8 Å². The maximum Gasteiger partial charge on any atom is 0.223 e. The number of ether oxygens (including phenoxy) is 2. The molecule has 8 heteroatoms. The minimum Gasteiger partial charge on any atom is -0.491 e. The van der Waals surface area contributed by atoms with Crippen LogP contribution in [0.3, 0.4) is 0 Å². The van der Waals surface area contributed by atoms with Crippen LogP contribution in [0.2, 0.25) is 0 Å². The zero-order valence-electron chi connectivity index (χ0n) is 17.2. The molecule has 0 spiro atoms. The summed E-state index contributed by atoms with van der Waals surface area (Å²) < 4.78 is 36.5. The summed E-state index contributed by atoms with van der Waals surface area (Å²) in [6, 6.07) is 13.6. The molecule has 7 nitrogen and oxygen atoms in total. The van der Waals surface area contributed by atoms with Crippen molar-refractivity contribution in [2.45, 2.75) is 30.3 Å². The number of amides is 1. The van der Waals surface area contributed by atoms with E-state index in [0.717, 1.165) is 11.1 Å². The van der Waals surface area contributed by atoms with Crippen LogP contribution in [0.4, 0.5) is 0 Å². The molecule has 0 saturated carbocycles. The molecule has 1 heterocycles. The quantitative estimate of drug-likeness (QED) is 0.652. The van der Waals surface area contributed by atoms with Crippen molar-refractivity contribution in [2.24, 2.45) is 0 Å². The minimum atomic E-state index is -3.50. The van der Waals surface area contributed by atoms with Crippen molar-refractivity contribution in [2.75, 3.05) is 32.1 Å². The van der Waals surface area contributed by atoms with Crippen LogP contribution in [0.5, 0.6) is 5.75 Å². The zero-order valence-corrected chi connectivity index (χ0v) is 18.0. The van der Waals surface area contributed by atoms with Crippen molar-refractivity contribution >= 4 is 21.5 Å². The summed E-state index contributed by atoms with van der Waals surface area (Å²) in [4.78, 5) is 26.4. The molecule has 4 rings (SSSR count). The second kappa shape index (κ2) is 9.20. The summed E-state index contributed by atoms with van der Waals surface area (Å²) in [7, 11) is -3.50. The average Bonchev–Trinajstić information content (AvgIpc) is 3.18. The highest BCUT2D eigenvalue weighted by molar-refractivity contribution is 7.91. The summed E-state index contributed by atoms with van der Waals surface area (Å²) >= 11 is 0. The van der Waals surface area contributed by atoms with Crippen molar-refractivity contribution in [3.63, 3.8) is 0 Å². The molecule has 1 amide bonds. The normalized spacial score (nSPS) is 18.6. The fourth-order valence-corrected chi connectivity index (χ4v) is 5.20. The van der Waals surface area contributed by atoms with Crippen LogP contribution < -0.4 is 4.74 Å². The summed E-state index contributed by atoms with van der Waals surface area (Å²) in [5, 5.41) is 0. The summed E-state index contributed by atoms with van der Waals surface area (Å²) in [6.45, 7) is 1.40. The van der Waals surface area contributed by atoms with E-state index in [0.29, 0.717) is 38.3 Å². The van der Waals surface area contributed by atoms with Crippen molar-refractivity contribution in [1.82, 2.24) is 4.90 Å². The van der Waals surface area contributed by atoms with Gasteiger partial charge in [-0.2, -0.15) is 0 Å². The number of carbonyl (C=O) groups excluding carboxylic acids is 2. The Balaban J connectivity index is 1.31. The van der Waals surface area contributed by atoms with Gasteiger partial charge in [0.1, 0.15) is 18.5 Å². The third-order valence-electron chi connectivity index (χ3n) is 5.64. The number of sulfone groups is 1. The number of fused-ring (bicyclic) bond motifs is 1. The first-order valence-electron chi connectivity index (χ1n) is 10.4. The molecule has 2 aromatic rings. The number of hydrogen-bond donors (Lipinski definition) is 0. The highest BCUT2D eigenvalue weighted by Crippen LogP contribution is 2.30. The topological polar surface area (TPSA) is 90.0 Å². The Morgan fingerprint density at radius 2 is 1.90 bits per heavy atom. The summed E-state index contributed by atoms with van der Waals surface area (Å²) in [5.74, 6) is 0.387. The number of carbonyl (C=O) groups is 2. The number of morpholine rings is 1. The smallest absolute Gasteiger partial charge is 0.223 e. The molecule has 0 N–H and O–H groups in total. The standard InChI is InChI=1S/C23H25NO6S/c25-21-10-9-20-19(21)7-4-8-22(20)30-16-17-15-24(12-13-29-17)23(26)11-14-31(27,28)18-5-2-1-3-6-18/h1-8,17H,9-16H2. The second-order valence-electron chi connectivity index (χ2n) is 7.73. The Kier molecular flexibility index (Phi) is 6.38. The van der Waals surface area contributed by atoms with E-state index in [-0.39, 0.29) is 41.5 Å². The van der Waals surface area contributed by atoms with Gasteiger partial charge in [-0.1, -0.05) is 30.3 Å². The van der Waals surface area contributed by atoms with Crippen LogP contribution in [-0.4, -0.2) is 63.2 Å². The van der Waals surface area contributed by atoms with Crippen molar-refractivity contribution in [3.05, 3.63) is 59.7 Å². The largest absolute Gasteiger partial charge is 0.491 e. The Morgan fingerprint density at radius 1 is 1.10 bits per heavy atom. The van der Waals surface area contributed by atoms with Crippen molar-refractivity contribution < 1.29 is 27.5 Å². The molecule has 1 aliphatic carbocycles. The first-order chi connectivity index (χ1) is 14.9. The molecular formula is C23H25NO6S. The molecule has 164 valence electrons. The van der Waals surface area contributed by atoms with Crippen molar-refractivity contribution in [3.8, 4) is 5.75 Å². The molecule has 0 radical (unpaired) electrons. The molecule has 2 aromatic carbocycles. The van der Waals surface area contributed by atoms with Crippen LogP contribution in [0.1, 0.15) is 28.8 Å². The third-order valence-corrected chi connectivity index (χ3v) is 7.37. The van der Waals surface area contributed by atoms with Crippen LogP contribution >= 0.6 is 0 Å². The van der Waals surface area contributed by atoms with Gasteiger partial charge in [-0.05, 0) is 24.6 Å². The molecule has 0 bridgehead atoms. The van der Waals surface area contributed by atoms with Gasteiger partial charge in [0.25, 0.3) is 0 Å². The van der Waals surface area contributed by atoms with Gasteiger partial charge in [0.15, 0.2) is 15.6 Å². The maximum absolute atomic E-state index is 12.6. The molecule has 1 aliphatic heterocycles. The van der Waals surface area contributed by atoms with E-state index in [1.54, 1.807) is 23.1 Å². The Bertz CT molecular complexity index is 1070. The SMILES string of the molecule is O=C1CCc2c(OCC3CN(C(=O)CCS(=O)(=O)c4ccccc4)CCO3)cccc21. The van der Waals surface area contributed by atoms with Crippen LogP contribution in [0.15, 0.2) is 53.4 Å². The lowest BCUT2D eigenvalue weighted by Gasteiger charge is -2.33. The average molecular weight is 444 g/mol. The molecule has 31 heavy (non-hydrogen) atoms. The van der Waals surface area contributed by atoms with E-state index in [9.17, 15) is 18.0 Å². The number of ketones is 1. The van der Waals surface area contributed by atoms with Gasteiger partial charge >= 0.3 is 0 Å². The van der Waals surface area contributed by atoms with Crippen molar-refractivity contribution in [1.29, 1.82) is 0 Å². The third kappa shape index (κ3) is 4.97. The van der Waals surface area contributed by atoms with E-state index in [4.69, 9.17) is 9.47 Å². The molecule has 2 aliphatic rings. The summed E-state index contributed by atoms with van der Waals surface area (Å²) in [5.41, 5.74) is 1.65. The van der Waals surface area contributed by atoms with E-state index in [2.05, 4.69) is 0 Å². The monoisotopic (exact) mass is 443 g/mol. The van der Waals surface area contributed by atoms with Gasteiger partial charge in [-0.3, -0.25) is 9.59 Å². The Morgan fingerprint density at radius 3 is 2.71 bits per heavy atom. The van der Waals surface area contributed by atoms with E-state index in [1.807, 2.05) is 18.2 Å². The second-order valence-corrected chi connectivity index (χ2v) is 9.84. The highest BCUT2D eigenvalue weighted by atomic mass is 32.2. The minimum absolute atomic E-state index is 0.0703. The van der Waals surface area contributed by atoms with Gasteiger partial charge in [-0.25, -0.2) is 8.42 Å². The number of nitrogens with zero attached hydrogens (tertiary/aromatic N) is 1. The van der Waals surface area contributed by atoms with E-state index < -0.39 is 9.84 Å². The number of hydrogen-bond acceptors (Lipinski definition) is 6. The highest BCUT2D eigenvalue weighted by Gasteiger charge is 2.27. The van der Waals surface area contributed by atoms with Gasteiger partial charge in [0.2, 0.25) is 5.91 Å². The predicted molar refractivity (Wildman–Crippen MR) is 114 cm³/mol. The predicted octanol–water partition coefficient (Wildman–Crippen LogP) is 2.29. The fraction of sp³-hybridized carbons (Fsp3) is 0.391. The van der Waals surface area contributed by atoms with Gasteiger partial charge in [0, 0.05) is 30.5 Å². The number of rotatable bonds is 7. The van der Waals surface area contributed by atoms with Crippen LogP contribution in [-0.2, 0) is 25.8 Å². The first-order valence-corrected chi connectivity index (χ1v) is 12.0. The Hall–Kier alpha value is -2.71. The fourth-order valence-electron chi connectivity index (χ4n) is 3.95. The maximum atomic E-state index is 12.6. The molecule has 1 atom stereocenters. The number of Topliss-reactive ketones (excluding diaryl/α,β-unsaturated/α-hetero) is 1. The van der Waals surface area contributed by atoms with E-state index in [1.165, 1.54) is 12.1 Å². The lowest BCUT2D eigenvalue weighted by atomic mass is 10.1. The van der Waals surface area contributed by atoms with Gasteiger partial charge < -0.3 is 14.4 Å². The molecule has 1 unspecified atom stereocenters.